The van der Waals surface area contributed by atoms with Gasteiger partial charge < -0.3 is 14.0 Å². The van der Waals surface area contributed by atoms with Gasteiger partial charge in [-0.2, -0.15) is 0 Å². The Balaban J connectivity index is 1.70. The third-order valence-electron chi connectivity index (χ3n) is 6.75. The van der Waals surface area contributed by atoms with Crippen molar-refractivity contribution in [3.8, 4) is 11.4 Å². The Hall–Kier alpha value is -3.88. The van der Waals surface area contributed by atoms with Crippen LogP contribution in [0.25, 0.3) is 11.8 Å². The molecule has 5 rings (SSSR count). The van der Waals surface area contributed by atoms with E-state index in [0.717, 1.165) is 28.2 Å². The van der Waals surface area contributed by atoms with E-state index in [2.05, 4.69) is 9.56 Å². The smallest absolute Gasteiger partial charge is 0.338 e. The Bertz CT molecular complexity index is 1810. The van der Waals surface area contributed by atoms with Gasteiger partial charge in [0, 0.05) is 22.1 Å². The molecule has 0 N–H and O–H groups in total. The van der Waals surface area contributed by atoms with Gasteiger partial charge in [0.05, 0.1) is 35.6 Å². The largest absolute Gasteiger partial charge is 0.497 e. The summed E-state index contributed by atoms with van der Waals surface area (Å²) in [6, 6.07) is 16.4. The number of benzene rings is 2. The van der Waals surface area contributed by atoms with E-state index >= 15 is 0 Å². The molecule has 2 aromatic heterocycles. The zero-order valence-corrected chi connectivity index (χ0v) is 23.9. The molecule has 4 aromatic rings. The monoisotopic (exact) mass is 561 g/mol. The summed E-state index contributed by atoms with van der Waals surface area (Å²) in [6.45, 7) is 7.77. The highest BCUT2D eigenvalue weighted by atomic mass is 35.5. The maximum Gasteiger partial charge on any atom is 0.338 e. The van der Waals surface area contributed by atoms with Crippen molar-refractivity contribution >= 4 is 35.0 Å². The predicted molar refractivity (Wildman–Crippen MR) is 154 cm³/mol. The first-order chi connectivity index (χ1) is 18.7. The van der Waals surface area contributed by atoms with Gasteiger partial charge in [0.1, 0.15) is 5.75 Å². The van der Waals surface area contributed by atoms with Gasteiger partial charge in [-0.25, -0.2) is 9.79 Å². The molecule has 0 radical (unpaired) electrons. The number of aromatic nitrogens is 2. The lowest BCUT2D eigenvalue weighted by Gasteiger charge is -2.25. The van der Waals surface area contributed by atoms with Crippen LogP contribution >= 0.6 is 22.9 Å². The number of hydrogen-bond acceptors (Lipinski definition) is 6. The van der Waals surface area contributed by atoms with Crippen LogP contribution < -0.4 is 19.6 Å². The number of nitrogens with zero attached hydrogens (tertiary/aromatic N) is 3. The lowest BCUT2D eigenvalue weighted by molar-refractivity contribution is -0.139. The number of thiazole rings is 1. The van der Waals surface area contributed by atoms with Crippen LogP contribution in [0.5, 0.6) is 5.75 Å². The number of allylic oxidation sites excluding steroid dienone is 1. The number of fused-ring (bicyclic) bond motifs is 1. The molecule has 1 atom stereocenters. The summed E-state index contributed by atoms with van der Waals surface area (Å²) >= 11 is 7.54. The summed E-state index contributed by atoms with van der Waals surface area (Å²) in [5.41, 5.74) is 5.23. The second kappa shape index (κ2) is 10.7. The van der Waals surface area contributed by atoms with Crippen molar-refractivity contribution in [2.75, 3.05) is 13.7 Å². The summed E-state index contributed by atoms with van der Waals surface area (Å²) in [7, 11) is 1.58. The van der Waals surface area contributed by atoms with Crippen molar-refractivity contribution in [1.82, 2.24) is 9.13 Å². The summed E-state index contributed by atoms with van der Waals surface area (Å²) in [6.07, 6.45) is 1.89. The average Bonchev–Trinajstić information content (AvgIpc) is 3.37. The van der Waals surface area contributed by atoms with Gasteiger partial charge in [0.25, 0.3) is 5.56 Å². The number of hydrogen-bond donors (Lipinski definition) is 0. The van der Waals surface area contributed by atoms with E-state index < -0.39 is 12.0 Å². The van der Waals surface area contributed by atoms with Gasteiger partial charge >= 0.3 is 5.97 Å². The molecular weight excluding hydrogens is 534 g/mol. The maximum absolute atomic E-state index is 14.0. The highest BCUT2D eigenvalue weighted by molar-refractivity contribution is 7.07. The molecule has 1 aliphatic heterocycles. The van der Waals surface area contributed by atoms with Crippen LogP contribution in [0.2, 0.25) is 5.02 Å². The molecule has 0 fully saturated rings. The second-order valence-electron chi connectivity index (χ2n) is 9.22. The minimum absolute atomic E-state index is 0.215. The standard InChI is InChI=1S/C30H28ClN3O4S/c1-6-38-29(36)26-18(3)32-30-34(27(26)20-9-7-12-24(14-20)37-5)28(35)25(39-30)15-21-13-17(2)33(19(21)4)23-11-8-10-22(31)16-23/h7-16,27H,6H2,1-5H3/b25-15+/t27-/m0/s1. The van der Waals surface area contributed by atoms with Gasteiger partial charge in [-0.3, -0.25) is 9.36 Å². The van der Waals surface area contributed by atoms with Gasteiger partial charge in [-0.1, -0.05) is 41.1 Å². The fourth-order valence-corrected chi connectivity index (χ4v) is 6.23. The third-order valence-corrected chi connectivity index (χ3v) is 7.97. The van der Waals surface area contributed by atoms with E-state index in [1.54, 1.807) is 25.5 Å². The SMILES string of the molecule is CCOC(=O)C1=C(C)N=c2s/c(=C/c3cc(C)n(-c4cccc(Cl)c4)c3C)c(=O)n2[C@H]1c1cccc(OC)c1. The van der Waals surface area contributed by atoms with Crippen LogP contribution in [0.3, 0.4) is 0 Å². The third kappa shape index (κ3) is 4.86. The van der Waals surface area contributed by atoms with Gasteiger partial charge in [-0.05, 0) is 81.3 Å². The summed E-state index contributed by atoms with van der Waals surface area (Å²) < 4.78 is 15.0. The molecule has 0 unspecified atom stereocenters. The zero-order valence-electron chi connectivity index (χ0n) is 22.3. The Morgan fingerprint density at radius 3 is 2.62 bits per heavy atom. The number of esters is 1. The molecule has 2 aromatic carbocycles. The fraction of sp³-hybridized carbons (Fsp3) is 0.233. The number of carbonyl (C=O) groups excluding carboxylic acids is 1. The molecule has 39 heavy (non-hydrogen) atoms. The number of methoxy groups -OCH3 is 1. The fourth-order valence-electron chi connectivity index (χ4n) is 5.01. The van der Waals surface area contributed by atoms with Crippen molar-refractivity contribution in [1.29, 1.82) is 0 Å². The molecule has 1 aliphatic rings. The number of carbonyl (C=O) groups is 1. The molecule has 9 heteroatoms. The van der Waals surface area contributed by atoms with Crippen LogP contribution in [0.15, 0.2) is 75.7 Å². The molecular formula is C30H28ClN3O4S. The number of halogens is 1. The predicted octanol–water partition coefficient (Wildman–Crippen LogP) is 4.87. The normalized spacial score (nSPS) is 15.2. The second-order valence-corrected chi connectivity index (χ2v) is 10.7. The first kappa shape index (κ1) is 26.7. The van der Waals surface area contributed by atoms with Crippen LogP contribution in [0, 0.1) is 13.8 Å². The molecule has 7 nitrogen and oxygen atoms in total. The molecule has 0 saturated heterocycles. The van der Waals surface area contributed by atoms with E-state index in [4.69, 9.17) is 21.1 Å². The molecule has 0 aliphatic carbocycles. The average molecular weight is 562 g/mol. The topological polar surface area (TPSA) is 74.8 Å². The van der Waals surface area contributed by atoms with Crippen molar-refractivity contribution < 1.29 is 14.3 Å². The van der Waals surface area contributed by atoms with Crippen LogP contribution in [-0.4, -0.2) is 28.8 Å². The van der Waals surface area contributed by atoms with E-state index in [1.165, 1.54) is 11.3 Å². The molecule has 0 bridgehead atoms. The van der Waals surface area contributed by atoms with Crippen molar-refractivity contribution in [3.05, 3.63) is 113 Å². The molecule has 200 valence electrons. The summed E-state index contributed by atoms with van der Waals surface area (Å²) in [4.78, 5) is 32.2. The minimum atomic E-state index is -0.698. The van der Waals surface area contributed by atoms with Gasteiger partial charge in [0.15, 0.2) is 4.80 Å². The lowest BCUT2D eigenvalue weighted by Crippen LogP contribution is -2.39. The maximum atomic E-state index is 14.0. The van der Waals surface area contributed by atoms with Crippen molar-refractivity contribution in [3.63, 3.8) is 0 Å². The Kier molecular flexibility index (Phi) is 7.34. The van der Waals surface area contributed by atoms with Gasteiger partial charge in [-0.15, -0.1) is 0 Å². The quantitative estimate of drug-likeness (QED) is 0.315. The highest BCUT2D eigenvalue weighted by Gasteiger charge is 2.33. The minimum Gasteiger partial charge on any atom is -0.497 e. The van der Waals surface area contributed by atoms with Gasteiger partial charge in [0.2, 0.25) is 0 Å². The van der Waals surface area contributed by atoms with Crippen molar-refractivity contribution in [2.24, 2.45) is 4.99 Å². The first-order valence-corrected chi connectivity index (χ1v) is 13.7. The Morgan fingerprint density at radius 1 is 1.13 bits per heavy atom. The van der Waals surface area contributed by atoms with E-state index in [9.17, 15) is 9.59 Å². The van der Waals surface area contributed by atoms with E-state index in [1.807, 2.05) is 74.5 Å². The molecule has 0 amide bonds. The Morgan fingerprint density at radius 2 is 1.90 bits per heavy atom. The summed E-state index contributed by atoms with van der Waals surface area (Å²) in [5, 5.41) is 0.653. The Labute approximate surface area is 234 Å². The number of aryl methyl sites for hydroxylation is 1. The van der Waals surface area contributed by atoms with Crippen LogP contribution in [-0.2, 0) is 9.53 Å². The first-order valence-electron chi connectivity index (χ1n) is 12.5. The zero-order chi connectivity index (χ0) is 27.8. The molecule has 0 saturated carbocycles. The van der Waals surface area contributed by atoms with Crippen LogP contribution in [0.1, 0.15) is 42.4 Å². The van der Waals surface area contributed by atoms with E-state index in [0.29, 0.717) is 31.4 Å². The highest BCUT2D eigenvalue weighted by Crippen LogP contribution is 2.32. The molecule has 0 spiro atoms. The van der Waals surface area contributed by atoms with Crippen LogP contribution in [0.4, 0.5) is 0 Å². The molecule has 3 heterocycles. The lowest BCUT2D eigenvalue weighted by atomic mass is 9.95. The number of rotatable bonds is 6. The van der Waals surface area contributed by atoms with Crippen molar-refractivity contribution in [2.45, 2.75) is 33.7 Å². The van der Waals surface area contributed by atoms with E-state index in [-0.39, 0.29) is 12.2 Å². The summed E-state index contributed by atoms with van der Waals surface area (Å²) in [5.74, 6) is 0.131. The number of ether oxygens (including phenoxy) is 2.